The summed E-state index contributed by atoms with van der Waals surface area (Å²) < 4.78 is 121. The molecule has 10 rings (SSSR count). The number of unbranched alkanes of at least 4 members (excludes halogenated alkanes) is 2. The van der Waals surface area contributed by atoms with Crippen LogP contribution in [0.25, 0.3) is 11.1 Å². The number of rotatable bonds is 27. The maximum Gasteiger partial charge on any atom is 0.416 e. The van der Waals surface area contributed by atoms with Crippen LogP contribution in [0.15, 0.2) is 133 Å². The summed E-state index contributed by atoms with van der Waals surface area (Å²) >= 11 is 6.86. The standard InChI is InChI=1S/C76H88ClF7N8O9/c1-86(33-15-7-10-23-68(93)88(3)41-42-90-36-28-59(29-37-90)101-72(97)85-64-22-14-12-20-60(64)52-17-8-6-9-18-52)65-48-66(98-5)61(47-63(65)77)71(96)89(4)35-16-34-87(2)69(94)49-99-67-45-53-19-11-13-21-62(53)73(67)30-38-91(39-31-73)40-32-74(55-24-26-58(78)27-25-55)50-92(51-100-74)70(95)54-43-56(75(79,80)81)46-57(44-54)76(82,83)84/h6,8-9,11-14,17-22,24-27,43-44,46-48,59,67H,7,10,15-16,23,28-42,45,49-51H2,1-5H3,(H,85,97)/t67-,74-/m0/s1. The lowest BCUT2D eigenvalue weighted by Crippen LogP contribution is -2.50. The largest absolute Gasteiger partial charge is 0.496 e. The van der Waals surface area contributed by atoms with Crippen molar-refractivity contribution < 1.29 is 73.7 Å². The van der Waals surface area contributed by atoms with Crippen molar-refractivity contribution >= 4 is 52.7 Å². The van der Waals surface area contributed by atoms with Crippen LogP contribution < -0.4 is 15.0 Å². The number of para-hydroxylation sites is 1. The summed E-state index contributed by atoms with van der Waals surface area (Å²) in [4.78, 5) is 80.1. The number of piperidine rings is 2. The fraction of sp³-hybridized carbons (Fsp3) is 0.461. The minimum absolute atomic E-state index is 0.0317. The normalized spacial score (nSPS) is 17.9. The first kappa shape index (κ1) is 75.4. The summed E-state index contributed by atoms with van der Waals surface area (Å²) in [6.07, 6.45) is -4.49. The average Bonchev–Trinajstić information content (AvgIpc) is 1.53. The number of anilines is 2. The smallest absolute Gasteiger partial charge is 0.416 e. The Kier molecular flexibility index (Phi) is 24.8. The Hall–Kier alpha value is -8.29. The number of fused-ring (bicyclic) bond motifs is 2. The Balaban J connectivity index is 0.633. The van der Waals surface area contributed by atoms with E-state index in [0.717, 1.165) is 66.1 Å². The fourth-order valence-corrected chi connectivity index (χ4v) is 14.6. The number of carbonyl (C=O) groups excluding carboxylic acids is 5. The Morgan fingerprint density at radius 1 is 0.683 bits per heavy atom. The SMILES string of the molecule is COc1cc(N(C)CCCCCC(=O)N(C)CCN2CCC(OC(=O)Nc3ccccc3-c3ccccc3)CC2)c(Cl)cc1C(=O)N(C)CCCN(C)C(=O)CO[C@H]1Cc2ccccc2C12CCN(CC[C@@]1(c3ccc(F)cc3)CN(C(=O)c3cc(C(F)(F)F)cc(C(F)(F)F)c3)CO1)CC2. The number of methoxy groups -OCH3 is 1. The summed E-state index contributed by atoms with van der Waals surface area (Å²) in [7, 11) is 8.63. The van der Waals surface area contributed by atoms with E-state index < -0.39 is 64.6 Å². The number of hydrogen-bond donors (Lipinski definition) is 1. The van der Waals surface area contributed by atoms with Crippen molar-refractivity contribution in [3.05, 3.63) is 183 Å². The zero-order valence-electron chi connectivity index (χ0n) is 57.7. The second-order valence-corrected chi connectivity index (χ2v) is 27.3. The topological polar surface area (TPSA) is 157 Å². The third kappa shape index (κ3) is 18.7. The van der Waals surface area contributed by atoms with E-state index in [1.807, 2.05) is 85.7 Å². The molecule has 1 aliphatic carbocycles. The monoisotopic (exact) mass is 1420 g/mol. The van der Waals surface area contributed by atoms with E-state index >= 15 is 0 Å². The zero-order valence-corrected chi connectivity index (χ0v) is 58.4. The quantitative estimate of drug-likeness (QED) is 0.0385. The minimum atomic E-state index is -5.16. The third-order valence-electron chi connectivity index (χ3n) is 20.3. The van der Waals surface area contributed by atoms with Gasteiger partial charge in [-0.25, -0.2) is 9.18 Å². The van der Waals surface area contributed by atoms with Crippen LogP contribution in [0.3, 0.4) is 0 Å². The van der Waals surface area contributed by atoms with Crippen LogP contribution in [0.5, 0.6) is 5.75 Å². The molecule has 3 saturated heterocycles. The van der Waals surface area contributed by atoms with Gasteiger partial charge in [0.2, 0.25) is 11.8 Å². The molecule has 0 radical (unpaired) electrons. The number of likely N-dealkylation sites (N-methyl/N-ethyl adjacent to an activating group) is 2. The van der Waals surface area contributed by atoms with Crippen LogP contribution in [-0.4, -0.2) is 192 Å². The first-order valence-electron chi connectivity index (χ1n) is 34.3. The van der Waals surface area contributed by atoms with Crippen molar-refractivity contribution in [2.24, 2.45) is 0 Å². The van der Waals surface area contributed by atoms with Crippen molar-refractivity contribution in [2.45, 2.75) is 106 Å². The highest BCUT2D eigenvalue weighted by Gasteiger charge is 2.50. The van der Waals surface area contributed by atoms with E-state index in [9.17, 15) is 54.7 Å². The number of nitrogens with zero attached hydrogens (tertiary/aromatic N) is 7. The molecule has 6 aromatic carbocycles. The molecular weight excluding hydrogens is 1340 g/mol. The molecule has 0 saturated carbocycles. The van der Waals surface area contributed by atoms with Gasteiger partial charge in [-0.1, -0.05) is 103 Å². The fourth-order valence-electron chi connectivity index (χ4n) is 14.3. The van der Waals surface area contributed by atoms with E-state index in [2.05, 4.69) is 27.2 Å². The van der Waals surface area contributed by atoms with Gasteiger partial charge in [-0.3, -0.25) is 24.5 Å². The van der Waals surface area contributed by atoms with Crippen molar-refractivity contribution in [1.29, 1.82) is 0 Å². The first-order valence-corrected chi connectivity index (χ1v) is 34.7. The summed E-state index contributed by atoms with van der Waals surface area (Å²) in [5.74, 6) is -1.70. The predicted octanol–water partition coefficient (Wildman–Crippen LogP) is 13.7. The van der Waals surface area contributed by atoms with Gasteiger partial charge in [0.05, 0.1) is 52.8 Å². The van der Waals surface area contributed by atoms with Crippen LogP contribution in [0.4, 0.5) is 46.9 Å². The molecule has 2 atom stereocenters. The number of likely N-dealkylation sites (tertiary alicyclic amines) is 2. The van der Waals surface area contributed by atoms with Crippen molar-refractivity contribution in [3.63, 3.8) is 0 Å². The van der Waals surface area contributed by atoms with Gasteiger partial charge in [0.15, 0.2) is 0 Å². The van der Waals surface area contributed by atoms with E-state index in [0.29, 0.717) is 136 Å². The molecule has 0 aromatic heterocycles. The molecule has 0 unspecified atom stereocenters. The number of hydrogen-bond acceptors (Lipinski definition) is 12. The number of alkyl halides is 6. The van der Waals surface area contributed by atoms with Crippen LogP contribution >= 0.6 is 11.6 Å². The Morgan fingerprint density at radius 2 is 1.33 bits per heavy atom. The van der Waals surface area contributed by atoms with E-state index in [-0.39, 0.29) is 55.6 Å². The Labute approximate surface area is 590 Å². The highest BCUT2D eigenvalue weighted by molar-refractivity contribution is 6.33. The minimum Gasteiger partial charge on any atom is -0.496 e. The highest BCUT2D eigenvalue weighted by Crippen LogP contribution is 2.49. The second-order valence-electron chi connectivity index (χ2n) is 26.9. The van der Waals surface area contributed by atoms with E-state index in [1.54, 1.807) is 40.9 Å². The van der Waals surface area contributed by atoms with Gasteiger partial charge < -0.3 is 53.2 Å². The molecule has 6 aromatic rings. The van der Waals surface area contributed by atoms with Crippen LogP contribution in [0.1, 0.15) is 113 Å². The van der Waals surface area contributed by atoms with Crippen molar-refractivity contribution in [1.82, 2.24) is 29.4 Å². The van der Waals surface area contributed by atoms with Gasteiger partial charge in [-0.2, -0.15) is 26.3 Å². The van der Waals surface area contributed by atoms with Gasteiger partial charge in [0.1, 0.15) is 36.6 Å². The summed E-state index contributed by atoms with van der Waals surface area (Å²) in [5.41, 5.74) is 0.632. The first-order chi connectivity index (χ1) is 48.2. The average molecular weight is 1430 g/mol. The van der Waals surface area contributed by atoms with E-state index in [1.165, 1.54) is 31.4 Å². The van der Waals surface area contributed by atoms with Gasteiger partial charge in [-0.05, 0) is 136 Å². The number of amides is 5. The van der Waals surface area contributed by atoms with Crippen LogP contribution in [0.2, 0.25) is 5.02 Å². The maximum absolute atomic E-state index is 14.3. The highest BCUT2D eigenvalue weighted by atomic mass is 35.5. The summed E-state index contributed by atoms with van der Waals surface area (Å²) in [6.45, 7) is 4.92. The molecule has 1 spiro atoms. The molecule has 25 heteroatoms. The lowest BCUT2D eigenvalue weighted by Gasteiger charge is -2.44. The van der Waals surface area contributed by atoms with Gasteiger partial charge in [-0.15, -0.1) is 0 Å². The summed E-state index contributed by atoms with van der Waals surface area (Å²) in [6, 6.07) is 35.2. The molecule has 17 nitrogen and oxygen atoms in total. The molecule has 3 heterocycles. The lowest BCUT2D eigenvalue weighted by atomic mass is 9.72. The van der Waals surface area contributed by atoms with Crippen molar-refractivity contribution in [2.75, 3.05) is 131 Å². The molecule has 0 bridgehead atoms. The summed E-state index contributed by atoms with van der Waals surface area (Å²) in [5, 5.41) is 3.31. The molecule has 3 fully saturated rings. The second kappa shape index (κ2) is 33.2. The Bertz CT molecular complexity index is 3820. The molecule has 5 amide bonds. The molecule has 1 N–H and O–H groups in total. The number of carbonyl (C=O) groups is 5. The maximum atomic E-state index is 14.3. The number of ether oxygens (including phenoxy) is 4. The van der Waals surface area contributed by atoms with Gasteiger partial charge >= 0.3 is 18.4 Å². The molecule has 4 aliphatic rings. The van der Waals surface area contributed by atoms with Crippen LogP contribution in [-0.2, 0) is 53.6 Å². The number of benzene rings is 6. The van der Waals surface area contributed by atoms with E-state index in [4.69, 9.17) is 30.5 Å². The van der Waals surface area contributed by atoms with Crippen molar-refractivity contribution in [3.8, 4) is 16.9 Å². The third-order valence-corrected chi connectivity index (χ3v) is 20.6. The number of nitrogens with one attached hydrogen (secondary N) is 1. The molecule has 3 aliphatic heterocycles. The molecule has 101 heavy (non-hydrogen) atoms. The van der Waals surface area contributed by atoms with Crippen LogP contribution in [0, 0.1) is 5.82 Å². The predicted molar refractivity (Wildman–Crippen MR) is 371 cm³/mol. The van der Waals surface area contributed by atoms with Gasteiger partial charge in [0, 0.05) is 110 Å². The molecular formula is C76H88ClF7N8O9. The zero-order chi connectivity index (χ0) is 72.2. The number of halogens is 8. The molecule has 542 valence electrons. The Morgan fingerprint density at radius 3 is 2.02 bits per heavy atom. The lowest BCUT2D eigenvalue weighted by molar-refractivity contribution is -0.143. The van der Waals surface area contributed by atoms with Gasteiger partial charge in [0.25, 0.3) is 11.8 Å².